The van der Waals surface area contributed by atoms with Crippen LogP contribution < -0.4 is 0 Å². The van der Waals surface area contributed by atoms with Gasteiger partial charge < -0.3 is 0 Å². The van der Waals surface area contributed by atoms with Crippen LogP contribution in [-0.4, -0.2) is 0 Å². The Hall–Kier alpha value is -1.82. The first-order chi connectivity index (χ1) is 9.17. The van der Waals surface area contributed by atoms with E-state index in [1.165, 1.54) is 33.0 Å². The third kappa shape index (κ3) is 2.78. The molecule has 0 aliphatic heterocycles. The van der Waals surface area contributed by atoms with E-state index < -0.39 is 0 Å². The molecule has 0 heteroatoms. The molecule has 2 aromatic carbocycles. The maximum Gasteiger partial charge on any atom is -0.0149 e. The van der Waals surface area contributed by atoms with Crippen LogP contribution in [0.2, 0.25) is 0 Å². The zero-order valence-corrected chi connectivity index (χ0v) is 12.3. The summed E-state index contributed by atoms with van der Waals surface area (Å²) in [4.78, 5) is 0. The summed E-state index contributed by atoms with van der Waals surface area (Å²) in [6, 6.07) is 13.2. The highest BCUT2D eigenvalue weighted by Crippen LogP contribution is 2.29. The largest absolute Gasteiger partial charge is 0.0870 e. The summed E-state index contributed by atoms with van der Waals surface area (Å²) >= 11 is 0. The molecule has 0 radical (unpaired) electrons. The molecule has 0 aliphatic rings. The van der Waals surface area contributed by atoms with Crippen LogP contribution in [0.5, 0.6) is 0 Å². The van der Waals surface area contributed by atoms with Gasteiger partial charge in [0.15, 0.2) is 0 Å². The molecule has 0 atom stereocenters. The van der Waals surface area contributed by atoms with Crippen LogP contribution in [0, 0.1) is 6.92 Å². The van der Waals surface area contributed by atoms with Crippen LogP contribution in [0.25, 0.3) is 16.3 Å². The third-order valence-electron chi connectivity index (χ3n) is 3.71. The topological polar surface area (TPSA) is 0 Å². The van der Waals surface area contributed by atoms with Gasteiger partial charge in [0.25, 0.3) is 0 Å². The molecule has 0 unspecified atom stereocenters. The lowest BCUT2D eigenvalue weighted by atomic mass is 9.92. The van der Waals surface area contributed by atoms with Crippen molar-refractivity contribution in [3.63, 3.8) is 0 Å². The average Bonchev–Trinajstić information content (AvgIpc) is 2.43. The van der Waals surface area contributed by atoms with Gasteiger partial charge in [-0.1, -0.05) is 55.0 Å². The highest BCUT2D eigenvalue weighted by Gasteiger charge is 2.07. The van der Waals surface area contributed by atoms with Gasteiger partial charge in [-0.05, 0) is 60.7 Å². The first-order valence-corrected chi connectivity index (χ1v) is 6.99. The number of aryl methyl sites for hydroxylation is 1. The molecule has 0 bridgehead atoms. The maximum absolute atomic E-state index is 2.32. The van der Waals surface area contributed by atoms with Crippen molar-refractivity contribution in [1.29, 1.82) is 0 Å². The van der Waals surface area contributed by atoms with Crippen LogP contribution >= 0.6 is 0 Å². The Morgan fingerprint density at radius 2 is 1.74 bits per heavy atom. The number of hydrogen-bond donors (Lipinski definition) is 0. The Balaban J connectivity index is 2.70. The normalized spacial score (nSPS) is 13.1. The molecule has 0 heterocycles. The van der Waals surface area contributed by atoms with Crippen LogP contribution in [0.3, 0.4) is 0 Å². The molecular weight excluding hydrogens is 228 g/mol. The molecule has 2 aromatic rings. The summed E-state index contributed by atoms with van der Waals surface area (Å²) in [5.41, 5.74) is 5.51. The van der Waals surface area contributed by atoms with E-state index in [2.05, 4.69) is 76.2 Å². The SMILES string of the molecule is C/C=C\C(=C(\C)CC)c1cc2ccccc2cc1C. The van der Waals surface area contributed by atoms with Crippen molar-refractivity contribution in [2.45, 2.75) is 34.1 Å². The molecule has 0 nitrogen and oxygen atoms in total. The van der Waals surface area contributed by atoms with Gasteiger partial charge in [0.1, 0.15) is 0 Å². The van der Waals surface area contributed by atoms with Crippen molar-refractivity contribution >= 4 is 16.3 Å². The van der Waals surface area contributed by atoms with E-state index in [9.17, 15) is 0 Å². The predicted molar refractivity (Wildman–Crippen MR) is 86.4 cm³/mol. The zero-order valence-electron chi connectivity index (χ0n) is 12.3. The quantitative estimate of drug-likeness (QED) is 0.594. The maximum atomic E-state index is 2.32. The highest BCUT2D eigenvalue weighted by atomic mass is 14.1. The number of allylic oxidation sites excluding steroid dienone is 4. The van der Waals surface area contributed by atoms with E-state index in [0.29, 0.717) is 0 Å². The Morgan fingerprint density at radius 3 is 2.32 bits per heavy atom. The lowest BCUT2D eigenvalue weighted by molar-refractivity contribution is 1.10. The summed E-state index contributed by atoms with van der Waals surface area (Å²) in [5.74, 6) is 0. The molecule has 2 rings (SSSR count). The van der Waals surface area contributed by atoms with Gasteiger partial charge in [0.2, 0.25) is 0 Å². The fourth-order valence-electron chi connectivity index (χ4n) is 2.46. The standard InChI is InChI=1S/C19H22/c1-5-9-18(14(3)6-2)19-13-17-11-8-7-10-16(17)12-15(19)4/h5,7-13H,6H2,1-4H3/b9-5-,18-14+. The first kappa shape index (κ1) is 13.6. The molecule has 0 N–H and O–H groups in total. The lowest BCUT2D eigenvalue weighted by Gasteiger charge is -2.12. The third-order valence-corrected chi connectivity index (χ3v) is 3.71. The van der Waals surface area contributed by atoms with Gasteiger partial charge in [0.05, 0.1) is 0 Å². The second-order valence-corrected chi connectivity index (χ2v) is 5.06. The predicted octanol–water partition coefficient (Wildman–Crippen LogP) is 5.91. The van der Waals surface area contributed by atoms with Gasteiger partial charge >= 0.3 is 0 Å². The fourth-order valence-corrected chi connectivity index (χ4v) is 2.46. The minimum Gasteiger partial charge on any atom is -0.0870 e. The summed E-state index contributed by atoms with van der Waals surface area (Å²) < 4.78 is 0. The second-order valence-electron chi connectivity index (χ2n) is 5.06. The molecule has 0 saturated heterocycles. The van der Waals surface area contributed by atoms with Crippen molar-refractivity contribution < 1.29 is 0 Å². The van der Waals surface area contributed by atoms with Crippen molar-refractivity contribution in [2.75, 3.05) is 0 Å². The number of fused-ring (bicyclic) bond motifs is 1. The van der Waals surface area contributed by atoms with Crippen molar-refractivity contribution in [1.82, 2.24) is 0 Å². The number of hydrogen-bond acceptors (Lipinski definition) is 0. The van der Waals surface area contributed by atoms with Gasteiger partial charge in [-0.3, -0.25) is 0 Å². The number of rotatable bonds is 3. The molecule has 0 spiro atoms. The van der Waals surface area contributed by atoms with Crippen molar-refractivity contribution in [3.05, 3.63) is 65.3 Å². The van der Waals surface area contributed by atoms with Crippen molar-refractivity contribution in [3.8, 4) is 0 Å². The highest BCUT2D eigenvalue weighted by molar-refractivity contribution is 5.90. The van der Waals surface area contributed by atoms with Gasteiger partial charge in [-0.2, -0.15) is 0 Å². The van der Waals surface area contributed by atoms with E-state index in [1.54, 1.807) is 0 Å². The Bertz CT molecular complexity index is 642. The van der Waals surface area contributed by atoms with E-state index in [1.807, 2.05) is 0 Å². The molecule has 0 aliphatic carbocycles. The van der Waals surface area contributed by atoms with Gasteiger partial charge in [-0.15, -0.1) is 0 Å². The van der Waals surface area contributed by atoms with E-state index in [-0.39, 0.29) is 0 Å². The van der Waals surface area contributed by atoms with Crippen LogP contribution in [0.4, 0.5) is 0 Å². The molecule has 98 valence electrons. The Kier molecular flexibility index (Phi) is 4.21. The molecular formula is C19H22. The summed E-state index contributed by atoms with van der Waals surface area (Å²) in [6.07, 6.45) is 5.45. The van der Waals surface area contributed by atoms with Crippen molar-refractivity contribution in [2.24, 2.45) is 0 Å². The minimum atomic E-state index is 1.09. The lowest BCUT2D eigenvalue weighted by Crippen LogP contribution is -1.91. The minimum absolute atomic E-state index is 1.09. The van der Waals surface area contributed by atoms with E-state index in [0.717, 1.165) is 6.42 Å². The Labute approximate surface area is 116 Å². The molecule has 0 fully saturated rings. The number of benzene rings is 2. The molecule has 0 saturated carbocycles. The smallest absolute Gasteiger partial charge is 0.0149 e. The molecule has 0 amide bonds. The van der Waals surface area contributed by atoms with E-state index >= 15 is 0 Å². The fraction of sp³-hybridized carbons (Fsp3) is 0.263. The monoisotopic (exact) mass is 250 g/mol. The summed E-state index contributed by atoms with van der Waals surface area (Å²) in [5, 5.41) is 2.63. The van der Waals surface area contributed by atoms with Crippen LogP contribution in [-0.2, 0) is 0 Å². The Morgan fingerprint density at radius 1 is 1.11 bits per heavy atom. The van der Waals surface area contributed by atoms with Gasteiger partial charge in [0, 0.05) is 0 Å². The van der Waals surface area contributed by atoms with Gasteiger partial charge in [-0.25, -0.2) is 0 Å². The average molecular weight is 250 g/mol. The molecule has 19 heavy (non-hydrogen) atoms. The summed E-state index contributed by atoms with van der Waals surface area (Å²) in [7, 11) is 0. The van der Waals surface area contributed by atoms with Crippen LogP contribution in [0.15, 0.2) is 54.1 Å². The summed E-state index contributed by atoms with van der Waals surface area (Å²) in [6.45, 7) is 8.73. The zero-order chi connectivity index (χ0) is 13.8. The van der Waals surface area contributed by atoms with Crippen LogP contribution in [0.1, 0.15) is 38.3 Å². The van der Waals surface area contributed by atoms with E-state index in [4.69, 9.17) is 0 Å². The molecule has 0 aromatic heterocycles. The first-order valence-electron chi connectivity index (χ1n) is 6.99. The second kappa shape index (κ2) is 5.88.